The van der Waals surface area contributed by atoms with Crippen LogP contribution in [0.3, 0.4) is 0 Å². The summed E-state index contributed by atoms with van der Waals surface area (Å²) in [6, 6.07) is 4.33. The van der Waals surface area contributed by atoms with E-state index in [-0.39, 0.29) is 11.6 Å². The lowest BCUT2D eigenvalue weighted by molar-refractivity contribution is -0.384. The molecule has 2 rings (SSSR count). The Hall–Kier alpha value is -1.82. The quantitative estimate of drug-likeness (QED) is 0.669. The second kappa shape index (κ2) is 6.56. The third-order valence-corrected chi connectivity index (χ3v) is 3.50. The minimum absolute atomic E-state index is 0.0389. The highest BCUT2D eigenvalue weighted by Crippen LogP contribution is 2.27. The number of carbonyl (C=O) groups excluding carboxylic acids is 1. The summed E-state index contributed by atoms with van der Waals surface area (Å²) in [6.45, 7) is 1.99. The first kappa shape index (κ1) is 14.6. The van der Waals surface area contributed by atoms with Crippen LogP contribution >= 0.6 is 11.6 Å². The first-order valence-corrected chi connectivity index (χ1v) is 6.91. The van der Waals surface area contributed by atoms with E-state index in [1.54, 1.807) is 0 Å². The first-order valence-electron chi connectivity index (χ1n) is 6.53. The average Bonchev–Trinajstić information content (AvgIpc) is 2.92. The van der Waals surface area contributed by atoms with Gasteiger partial charge in [0.25, 0.3) is 5.69 Å². The number of nitro groups is 1. The molecular weight excluding hydrogens is 282 g/mol. The molecule has 7 heteroatoms. The Bertz CT molecular complexity index is 516. The number of nitro benzene ring substituents is 1. The van der Waals surface area contributed by atoms with Crippen LogP contribution in [-0.2, 0) is 4.79 Å². The van der Waals surface area contributed by atoms with E-state index < -0.39 is 4.92 Å². The van der Waals surface area contributed by atoms with Crippen LogP contribution in [0.15, 0.2) is 18.2 Å². The van der Waals surface area contributed by atoms with Crippen LogP contribution in [0, 0.1) is 10.1 Å². The summed E-state index contributed by atoms with van der Waals surface area (Å²) in [5.74, 6) is 0.0830. The van der Waals surface area contributed by atoms with Crippen molar-refractivity contribution in [3.8, 4) is 0 Å². The van der Waals surface area contributed by atoms with E-state index >= 15 is 0 Å². The Labute approximate surface area is 121 Å². The maximum atomic E-state index is 11.8. The molecule has 1 N–H and O–H groups in total. The number of carbonyl (C=O) groups is 1. The van der Waals surface area contributed by atoms with Crippen LogP contribution in [0.4, 0.5) is 11.4 Å². The molecule has 0 radical (unpaired) electrons. The third kappa shape index (κ3) is 3.60. The fourth-order valence-electron chi connectivity index (χ4n) is 2.24. The molecule has 0 aliphatic carbocycles. The molecule has 1 aromatic rings. The zero-order chi connectivity index (χ0) is 14.5. The molecule has 0 unspecified atom stereocenters. The second-order valence-corrected chi connectivity index (χ2v) is 5.12. The third-order valence-electron chi connectivity index (χ3n) is 3.27. The van der Waals surface area contributed by atoms with Crippen molar-refractivity contribution >= 4 is 28.9 Å². The van der Waals surface area contributed by atoms with Gasteiger partial charge in [0.05, 0.1) is 4.92 Å². The molecule has 108 valence electrons. The molecule has 0 spiro atoms. The van der Waals surface area contributed by atoms with Crippen molar-refractivity contribution in [3.63, 3.8) is 0 Å². The minimum atomic E-state index is -0.471. The summed E-state index contributed by atoms with van der Waals surface area (Å²) in [5, 5.41) is 14.2. The fraction of sp³-hybridized carbons (Fsp3) is 0.462. The Morgan fingerprint density at radius 3 is 2.75 bits per heavy atom. The van der Waals surface area contributed by atoms with Gasteiger partial charge in [0.2, 0.25) is 5.91 Å². The molecule has 0 saturated carbocycles. The van der Waals surface area contributed by atoms with Crippen LogP contribution in [0.25, 0.3) is 0 Å². The summed E-state index contributed by atoms with van der Waals surface area (Å²) < 4.78 is 0. The lowest BCUT2D eigenvalue weighted by Gasteiger charge is -2.15. The van der Waals surface area contributed by atoms with Gasteiger partial charge >= 0.3 is 0 Å². The minimum Gasteiger partial charge on any atom is -0.379 e. The molecule has 6 nitrogen and oxygen atoms in total. The smallest absolute Gasteiger partial charge is 0.292 e. The summed E-state index contributed by atoms with van der Waals surface area (Å²) in [6.07, 6.45) is 2.43. The number of benzene rings is 1. The number of rotatable bonds is 5. The SMILES string of the molecule is O=C(CCNc1cc(Cl)ccc1[N+](=O)[O-])N1CCCC1. The van der Waals surface area contributed by atoms with Crippen molar-refractivity contribution in [3.05, 3.63) is 33.3 Å². The van der Waals surface area contributed by atoms with Gasteiger partial charge in [-0.15, -0.1) is 0 Å². The van der Waals surface area contributed by atoms with Crippen molar-refractivity contribution < 1.29 is 9.72 Å². The fourth-order valence-corrected chi connectivity index (χ4v) is 2.41. The zero-order valence-corrected chi connectivity index (χ0v) is 11.7. The predicted octanol–water partition coefficient (Wildman–Crippen LogP) is 2.67. The van der Waals surface area contributed by atoms with E-state index in [0.29, 0.717) is 23.7 Å². The lowest BCUT2D eigenvalue weighted by Crippen LogP contribution is -2.29. The van der Waals surface area contributed by atoms with Crippen LogP contribution in [-0.4, -0.2) is 35.4 Å². The largest absolute Gasteiger partial charge is 0.379 e. The van der Waals surface area contributed by atoms with E-state index in [4.69, 9.17) is 11.6 Å². The van der Waals surface area contributed by atoms with Gasteiger partial charge in [-0.3, -0.25) is 14.9 Å². The first-order chi connectivity index (χ1) is 9.58. The monoisotopic (exact) mass is 297 g/mol. The van der Waals surface area contributed by atoms with Gasteiger partial charge in [-0.1, -0.05) is 11.6 Å². The predicted molar refractivity (Wildman–Crippen MR) is 77.0 cm³/mol. The number of halogens is 1. The lowest BCUT2D eigenvalue weighted by atomic mass is 10.2. The molecule has 1 heterocycles. The summed E-state index contributed by atoms with van der Waals surface area (Å²) in [5.41, 5.74) is 0.305. The molecule has 0 bridgehead atoms. The number of hydrogen-bond acceptors (Lipinski definition) is 4. The van der Waals surface area contributed by atoms with E-state index in [1.807, 2.05) is 4.90 Å². The van der Waals surface area contributed by atoms with Gasteiger partial charge in [0.1, 0.15) is 5.69 Å². The van der Waals surface area contributed by atoms with Crippen molar-refractivity contribution in [1.29, 1.82) is 0 Å². The number of anilines is 1. The molecule has 1 aliphatic rings. The summed E-state index contributed by atoms with van der Waals surface area (Å²) >= 11 is 5.83. The number of likely N-dealkylation sites (tertiary alicyclic amines) is 1. The highest BCUT2D eigenvalue weighted by molar-refractivity contribution is 6.31. The standard InChI is InChI=1S/C13H16ClN3O3/c14-10-3-4-12(17(19)20)11(9-10)15-6-5-13(18)16-7-1-2-8-16/h3-4,9,15H,1-2,5-8H2. The summed E-state index contributed by atoms with van der Waals surface area (Å²) in [7, 11) is 0. The molecule has 1 amide bonds. The Balaban J connectivity index is 1.91. The normalized spacial score (nSPS) is 14.3. The van der Waals surface area contributed by atoms with E-state index in [2.05, 4.69) is 5.32 Å². The molecule has 0 atom stereocenters. The highest BCUT2D eigenvalue weighted by Gasteiger charge is 2.18. The van der Waals surface area contributed by atoms with E-state index in [9.17, 15) is 14.9 Å². The van der Waals surface area contributed by atoms with Gasteiger partial charge in [-0.25, -0.2) is 0 Å². The molecular formula is C13H16ClN3O3. The molecule has 1 fully saturated rings. The molecule has 1 aliphatic heterocycles. The highest BCUT2D eigenvalue weighted by atomic mass is 35.5. The maximum absolute atomic E-state index is 11.8. The van der Waals surface area contributed by atoms with Gasteiger partial charge in [-0.2, -0.15) is 0 Å². The van der Waals surface area contributed by atoms with E-state index in [0.717, 1.165) is 25.9 Å². The van der Waals surface area contributed by atoms with Crippen LogP contribution in [0.5, 0.6) is 0 Å². The molecule has 20 heavy (non-hydrogen) atoms. The number of amides is 1. The van der Waals surface area contributed by atoms with Gasteiger partial charge in [0, 0.05) is 37.1 Å². The topological polar surface area (TPSA) is 75.5 Å². The van der Waals surface area contributed by atoms with Gasteiger partial charge < -0.3 is 10.2 Å². The molecule has 0 aromatic heterocycles. The number of hydrogen-bond donors (Lipinski definition) is 1. The number of nitrogens with zero attached hydrogens (tertiary/aromatic N) is 2. The Morgan fingerprint density at radius 2 is 2.10 bits per heavy atom. The van der Waals surface area contributed by atoms with E-state index in [1.165, 1.54) is 18.2 Å². The number of nitrogens with one attached hydrogen (secondary N) is 1. The Morgan fingerprint density at radius 1 is 1.40 bits per heavy atom. The van der Waals surface area contributed by atoms with Crippen molar-refractivity contribution in [2.75, 3.05) is 25.0 Å². The van der Waals surface area contributed by atoms with Crippen molar-refractivity contribution in [2.45, 2.75) is 19.3 Å². The van der Waals surface area contributed by atoms with Crippen LogP contribution in [0.1, 0.15) is 19.3 Å². The van der Waals surface area contributed by atoms with Gasteiger partial charge in [0.15, 0.2) is 0 Å². The Kier molecular flexibility index (Phi) is 4.79. The van der Waals surface area contributed by atoms with Crippen LogP contribution in [0.2, 0.25) is 5.02 Å². The maximum Gasteiger partial charge on any atom is 0.292 e. The summed E-state index contributed by atoms with van der Waals surface area (Å²) in [4.78, 5) is 24.1. The molecule has 1 saturated heterocycles. The van der Waals surface area contributed by atoms with Gasteiger partial charge in [-0.05, 0) is 25.0 Å². The zero-order valence-electron chi connectivity index (χ0n) is 11.0. The average molecular weight is 298 g/mol. The van der Waals surface area contributed by atoms with Crippen LogP contribution < -0.4 is 5.32 Å². The second-order valence-electron chi connectivity index (χ2n) is 4.68. The molecule has 1 aromatic carbocycles. The van der Waals surface area contributed by atoms with Crippen molar-refractivity contribution in [2.24, 2.45) is 0 Å². The van der Waals surface area contributed by atoms with Crippen molar-refractivity contribution in [1.82, 2.24) is 4.90 Å².